The Morgan fingerprint density at radius 1 is 1.33 bits per heavy atom. The van der Waals surface area contributed by atoms with Crippen molar-refractivity contribution < 1.29 is 13.2 Å². The molecule has 0 radical (unpaired) electrons. The summed E-state index contributed by atoms with van der Waals surface area (Å²) in [4.78, 5) is 14.0. The van der Waals surface area contributed by atoms with Crippen LogP contribution in [-0.4, -0.2) is 66.2 Å². The molecular weight excluding hydrogens is 328 g/mol. The van der Waals surface area contributed by atoms with E-state index in [9.17, 15) is 13.2 Å². The molecule has 1 aliphatic heterocycles. The molecule has 1 saturated heterocycles. The lowest BCUT2D eigenvalue weighted by Crippen LogP contribution is -2.33. The van der Waals surface area contributed by atoms with Gasteiger partial charge in [-0.15, -0.1) is 0 Å². The zero-order valence-electron chi connectivity index (χ0n) is 13.9. The third-order valence-electron chi connectivity index (χ3n) is 4.45. The molecule has 3 rings (SSSR count). The summed E-state index contributed by atoms with van der Waals surface area (Å²) in [7, 11) is -0.377. The monoisotopic (exact) mass is 350 g/mol. The zero-order valence-corrected chi connectivity index (χ0v) is 14.7. The Morgan fingerprint density at radius 3 is 2.79 bits per heavy atom. The van der Waals surface area contributed by atoms with Gasteiger partial charge in [-0.25, -0.2) is 12.7 Å². The van der Waals surface area contributed by atoms with Crippen molar-refractivity contribution in [1.29, 1.82) is 0 Å². The number of hydrogen-bond donors (Lipinski definition) is 0. The van der Waals surface area contributed by atoms with Crippen molar-refractivity contribution in [2.24, 2.45) is 0 Å². The molecule has 0 aliphatic carbocycles. The van der Waals surface area contributed by atoms with Crippen LogP contribution in [0.15, 0.2) is 30.5 Å². The van der Waals surface area contributed by atoms with Gasteiger partial charge in [0.25, 0.3) is 0 Å². The molecule has 1 aliphatic rings. The molecule has 0 saturated carbocycles. The van der Waals surface area contributed by atoms with E-state index in [1.54, 1.807) is 4.90 Å². The number of carbonyl (C=O) groups excluding carboxylic acids is 1. The van der Waals surface area contributed by atoms with Gasteiger partial charge in [-0.05, 0) is 12.5 Å². The second-order valence-electron chi connectivity index (χ2n) is 6.30. The number of fused-ring (bicyclic) bond motifs is 1. The van der Waals surface area contributed by atoms with Gasteiger partial charge < -0.3 is 4.90 Å². The van der Waals surface area contributed by atoms with Crippen LogP contribution in [0.25, 0.3) is 10.9 Å². The van der Waals surface area contributed by atoms with Crippen LogP contribution in [0.2, 0.25) is 0 Å². The molecule has 1 unspecified atom stereocenters. The summed E-state index contributed by atoms with van der Waals surface area (Å²) in [5, 5.41) is 5.66. The fraction of sp³-hybridized carbons (Fsp3) is 0.500. The smallest absolute Gasteiger partial charge is 0.223 e. The van der Waals surface area contributed by atoms with Crippen LogP contribution in [-0.2, 0) is 14.8 Å². The highest BCUT2D eigenvalue weighted by molar-refractivity contribution is 7.89. The van der Waals surface area contributed by atoms with Crippen LogP contribution in [0.4, 0.5) is 0 Å². The number of nitrogens with zero attached hydrogens (tertiary/aromatic N) is 4. The topological polar surface area (TPSA) is 75.5 Å². The van der Waals surface area contributed by atoms with Crippen molar-refractivity contribution >= 4 is 26.8 Å². The molecule has 7 nitrogen and oxygen atoms in total. The van der Waals surface area contributed by atoms with Crippen LogP contribution < -0.4 is 0 Å². The molecule has 1 atom stereocenters. The highest BCUT2D eigenvalue weighted by Gasteiger charge is 2.29. The number of aromatic nitrogens is 2. The Kier molecular flexibility index (Phi) is 4.60. The zero-order chi connectivity index (χ0) is 17.3. The largest absolute Gasteiger partial charge is 0.340 e. The first kappa shape index (κ1) is 16.9. The van der Waals surface area contributed by atoms with Gasteiger partial charge in [-0.1, -0.05) is 18.2 Å². The van der Waals surface area contributed by atoms with Crippen LogP contribution >= 0.6 is 0 Å². The summed E-state index contributed by atoms with van der Waals surface area (Å²) in [6.45, 7) is 1.22. The summed E-state index contributed by atoms with van der Waals surface area (Å²) < 4.78 is 26.6. The van der Waals surface area contributed by atoms with E-state index in [4.69, 9.17) is 0 Å². The van der Waals surface area contributed by atoms with E-state index >= 15 is 0 Å². The maximum absolute atomic E-state index is 12.3. The predicted molar refractivity (Wildman–Crippen MR) is 92.1 cm³/mol. The second-order valence-corrected chi connectivity index (χ2v) is 8.60. The van der Waals surface area contributed by atoms with E-state index in [1.165, 1.54) is 14.1 Å². The fourth-order valence-corrected chi connectivity index (χ4v) is 3.71. The van der Waals surface area contributed by atoms with E-state index in [2.05, 4.69) is 5.10 Å². The minimum Gasteiger partial charge on any atom is -0.340 e. The Morgan fingerprint density at radius 2 is 2.08 bits per heavy atom. The van der Waals surface area contributed by atoms with Gasteiger partial charge in [0.2, 0.25) is 15.9 Å². The number of benzene rings is 1. The first-order valence-electron chi connectivity index (χ1n) is 7.99. The highest BCUT2D eigenvalue weighted by atomic mass is 32.2. The summed E-state index contributed by atoms with van der Waals surface area (Å²) in [5.74, 6) is -0.259. The molecule has 0 N–H and O–H groups in total. The molecule has 130 valence electrons. The van der Waals surface area contributed by atoms with E-state index in [1.807, 2.05) is 35.1 Å². The van der Waals surface area contributed by atoms with Crippen molar-refractivity contribution in [3.05, 3.63) is 30.5 Å². The molecule has 1 aromatic carbocycles. The first-order chi connectivity index (χ1) is 11.4. The number of likely N-dealkylation sites (tertiary alicyclic amines) is 1. The third-order valence-corrected chi connectivity index (χ3v) is 6.28. The maximum Gasteiger partial charge on any atom is 0.223 e. The van der Waals surface area contributed by atoms with Gasteiger partial charge in [0.15, 0.2) is 0 Å². The quantitative estimate of drug-likeness (QED) is 0.809. The van der Waals surface area contributed by atoms with Crippen LogP contribution in [0, 0.1) is 0 Å². The minimum absolute atomic E-state index is 0.0221. The number of rotatable bonds is 5. The Hall–Kier alpha value is -1.93. The second kappa shape index (κ2) is 6.52. The van der Waals surface area contributed by atoms with Gasteiger partial charge in [0.05, 0.1) is 17.3 Å². The Labute approximate surface area is 141 Å². The standard InChI is InChI=1S/C16H22N4O3S/c1-18(2)24(22,23)10-8-16(21)19-9-7-14(12-19)20-11-13-5-3-4-6-15(13)17-20/h3-6,11,14H,7-10,12H2,1-2H3. The van der Waals surface area contributed by atoms with Gasteiger partial charge in [0.1, 0.15) is 0 Å². The molecule has 1 aromatic heterocycles. The first-order valence-corrected chi connectivity index (χ1v) is 9.59. The number of amides is 1. The molecule has 1 fully saturated rings. The SMILES string of the molecule is CN(C)S(=O)(=O)CCC(=O)N1CCC(n2cc3ccccc3n2)C1. The normalized spacial score (nSPS) is 18.6. The van der Waals surface area contributed by atoms with E-state index in [-0.39, 0.29) is 24.1 Å². The fourth-order valence-electron chi connectivity index (χ4n) is 2.91. The summed E-state index contributed by atoms with van der Waals surface area (Å²) in [6.07, 6.45) is 2.86. The van der Waals surface area contributed by atoms with Gasteiger partial charge >= 0.3 is 0 Å². The predicted octanol–water partition coefficient (Wildman–Crippen LogP) is 1.09. The van der Waals surface area contributed by atoms with E-state index < -0.39 is 10.0 Å². The Balaban J connectivity index is 1.61. The number of sulfonamides is 1. The highest BCUT2D eigenvalue weighted by Crippen LogP contribution is 2.24. The molecule has 8 heteroatoms. The van der Waals surface area contributed by atoms with Crippen molar-refractivity contribution in [3.63, 3.8) is 0 Å². The van der Waals surface area contributed by atoms with E-state index in [0.717, 1.165) is 21.6 Å². The molecular formula is C16H22N4O3S. The minimum atomic E-state index is -3.34. The molecule has 0 bridgehead atoms. The van der Waals surface area contributed by atoms with Crippen molar-refractivity contribution in [1.82, 2.24) is 19.0 Å². The lowest BCUT2D eigenvalue weighted by molar-refractivity contribution is -0.129. The molecule has 0 spiro atoms. The summed E-state index contributed by atoms with van der Waals surface area (Å²) >= 11 is 0. The van der Waals surface area contributed by atoms with Crippen LogP contribution in [0.1, 0.15) is 18.9 Å². The average molecular weight is 350 g/mol. The van der Waals surface area contributed by atoms with Crippen molar-refractivity contribution in [2.75, 3.05) is 32.9 Å². The Bertz CT molecular complexity index is 811. The van der Waals surface area contributed by atoms with Gasteiger partial charge in [-0.2, -0.15) is 5.10 Å². The molecule has 1 amide bonds. The van der Waals surface area contributed by atoms with Gasteiger partial charge in [-0.3, -0.25) is 9.48 Å². The number of carbonyl (C=O) groups is 1. The average Bonchev–Trinajstić information content (AvgIpc) is 3.18. The lowest BCUT2D eigenvalue weighted by Gasteiger charge is -2.17. The number of hydrogen-bond acceptors (Lipinski definition) is 4. The van der Waals surface area contributed by atoms with Crippen molar-refractivity contribution in [3.8, 4) is 0 Å². The van der Waals surface area contributed by atoms with Crippen LogP contribution in [0.3, 0.4) is 0 Å². The molecule has 24 heavy (non-hydrogen) atoms. The van der Waals surface area contributed by atoms with Gasteiger partial charge in [0, 0.05) is 45.2 Å². The third kappa shape index (κ3) is 3.44. The maximum atomic E-state index is 12.3. The van der Waals surface area contributed by atoms with Crippen molar-refractivity contribution in [2.45, 2.75) is 18.9 Å². The van der Waals surface area contributed by atoms with Crippen LogP contribution in [0.5, 0.6) is 0 Å². The van der Waals surface area contributed by atoms with E-state index in [0.29, 0.717) is 13.1 Å². The molecule has 2 aromatic rings. The summed E-state index contributed by atoms with van der Waals surface area (Å²) in [5.41, 5.74) is 0.944. The lowest BCUT2D eigenvalue weighted by atomic mass is 10.2. The summed E-state index contributed by atoms with van der Waals surface area (Å²) in [6, 6.07) is 8.06. The molecule has 2 heterocycles.